The maximum Gasteiger partial charge on any atom is 0.342 e. The second-order valence-electron chi connectivity index (χ2n) is 4.59. The lowest BCUT2D eigenvalue weighted by Gasteiger charge is -2.07. The number of aromatic nitrogens is 1. The number of carboxylic acid groups (broad SMARTS) is 1. The molecular formula is C12H15N3O5. The molecule has 1 aromatic rings. The van der Waals surface area contributed by atoms with Gasteiger partial charge in [-0.15, -0.1) is 0 Å². The monoisotopic (exact) mass is 281 g/mol. The number of carbonyl (C=O) groups is 1. The van der Waals surface area contributed by atoms with Crippen LogP contribution in [-0.2, 0) is 4.74 Å². The van der Waals surface area contributed by atoms with E-state index >= 15 is 0 Å². The first-order valence-corrected chi connectivity index (χ1v) is 6.27. The van der Waals surface area contributed by atoms with Crippen LogP contribution in [0.25, 0.3) is 0 Å². The maximum atomic E-state index is 11.0. The summed E-state index contributed by atoms with van der Waals surface area (Å²) in [6.45, 7) is 1.70. The zero-order chi connectivity index (χ0) is 14.5. The number of nitrogens with zero attached hydrogens (tertiary/aromatic N) is 2. The Bertz CT molecular complexity index is 516. The summed E-state index contributed by atoms with van der Waals surface area (Å²) in [5, 5.41) is 22.5. The fraction of sp³-hybridized carbons (Fsp3) is 0.500. The van der Waals surface area contributed by atoms with Crippen LogP contribution in [0.15, 0.2) is 12.3 Å². The van der Waals surface area contributed by atoms with Gasteiger partial charge in [-0.25, -0.2) is 9.78 Å². The second-order valence-corrected chi connectivity index (χ2v) is 4.59. The minimum absolute atomic E-state index is 0.281. The van der Waals surface area contributed by atoms with Crippen molar-refractivity contribution in [2.45, 2.75) is 12.8 Å². The van der Waals surface area contributed by atoms with Gasteiger partial charge in [-0.1, -0.05) is 0 Å². The lowest BCUT2D eigenvalue weighted by atomic mass is 10.2. The first-order chi connectivity index (χ1) is 9.58. The molecule has 1 fully saturated rings. The minimum atomic E-state index is -1.35. The summed E-state index contributed by atoms with van der Waals surface area (Å²) in [4.78, 5) is 24.7. The number of nitrogens with one attached hydrogen (secondary N) is 1. The number of ether oxygens (including phenoxy) is 1. The fourth-order valence-electron chi connectivity index (χ4n) is 1.65. The Kier molecular flexibility index (Phi) is 4.46. The van der Waals surface area contributed by atoms with E-state index in [9.17, 15) is 14.9 Å². The summed E-state index contributed by atoms with van der Waals surface area (Å²) >= 11 is 0. The second kappa shape index (κ2) is 6.29. The van der Waals surface area contributed by atoms with Crippen LogP contribution in [0.4, 0.5) is 11.5 Å². The number of hydrogen-bond donors (Lipinski definition) is 2. The molecule has 0 aliphatic heterocycles. The quantitative estimate of drug-likeness (QED) is 0.421. The molecule has 1 aromatic heterocycles. The molecule has 1 heterocycles. The summed E-state index contributed by atoms with van der Waals surface area (Å²) in [5.41, 5.74) is -0.903. The topological polar surface area (TPSA) is 115 Å². The van der Waals surface area contributed by atoms with E-state index in [0.29, 0.717) is 19.1 Å². The van der Waals surface area contributed by atoms with Gasteiger partial charge < -0.3 is 15.2 Å². The summed E-state index contributed by atoms with van der Waals surface area (Å²) in [7, 11) is 0. The first-order valence-electron chi connectivity index (χ1n) is 6.27. The normalized spacial score (nSPS) is 14.0. The van der Waals surface area contributed by atoms with Gasteiger partial charge in [-0.3, -0.25) is 10.1 Å². The Morgan fingerprint density at radius 3 is 2.95 bits per heavy atom. The molecule has 8 nitrogen and oxygen atoms in total. The van der Waals surface area contributed by atoms with Crippen molar-refractivity contribution in [3.05, 3.63) is 27.9 Å². The molecule has 0 unspecified atom stereocenters. The summed E-state index contributed by atoms with van der Waals surface area (Å²) in [6, 6.07) is 1.15. The van der Waals surface area contributed by atoms with Crippen molar-refractivity contribution in [2.24, 2.45) is 5.92 Å². The van der Waals surface area contributed by atoms with Crippen molar-refractivity contribution in [1.82, 2.24) is 4.98 Å². The SMILES string of the molecule is O=C(O)c1cc(NCCOCC2CC2)ncc1[N+](=O)[O-]. The number of pyridine rings is 1. The van der Waals surface area contributed by atoms with Crippen LogP contribution in [0, 0.1) is 16.0 Å². The van der Waals surface area contributed by atoms with Gasteiger partial charge in [0.1, 0.15) is 17.6 Å². The highest BCUT2D eigenvalue weighted by Crippen LogP contribution is 2.28. The molecular weight excluding hydrogens is 266 g/mol. The van der Waals surface area contributed by atoms with E-state index in [1.165, 1.54) is 12.8 Å². The van der Waals surface area contributed by atoms with Crippen LogP contribution < -0.4 is 5.32 Å². The molecule has 2 N–H and O–H groups in total. The molecule has 108 valence electrons. The summed E-state index contributed by atoms with van der Waals surface area (Å²) < 4.78 is 5.40. The predicted molar refractivity (Wildman–Crippen MR) is 69.9 cm³/mol. The van der Waals surface area contributed by atoms with Gasteiger partial charge in [0.05, 0.1) is 11.5 Å². The largest absolute Gasteiger partial charge is 0.477 e. The molecule has 2 rings (SSSR count). The van der Waals surface area contributed by atoms with Crippen LogP contribution in [0.3, 0.4) is 0 Å². The van der Waals surface area contributed by atoms with Crippen LogP contribution in [0.5, 0.6) is 0 Å². The third-order valence-corrected chi connectivity index (χ3v) is 2.91. The van der Waals surface area contributed by atoms with E-state index < -0.39 is 16.6 Å². The van der Waals surface area contributed by atoms with Crippen LogP contribution in [0.1, 0.15) is 23.2 Å². The lowest BCUT2D eigenvalue weighted by molar-refractivity contribution is -0.385. The molecule has 0 atom stereocenters. The highest BCUT2D eigenvalue weighted by atomic mass is 16.6. The maximum absolute atomic E-state index is 11.0. The minimum Gasteiger partial charge on any atom is -0.477 e. The smallest absolute Gasteiger partial charge is 0.342 e. The van der Waals surface area contributed by atoms with Gasteiger partial charge in [-0.2, -0.15) is 0 Å². The van der Waals surface area contributed by atoms with E-state index in [-0.39, 0.29) is 11.4 Å². The van der Waals surface area contributed by atoms with Crippen molar-refractivity contribution >= 4 is 17.5 Å². The molecule has 0 aromatic carbocycles. The standard InChI is InChI=1S/C12H15N3O5/c16-12(17)9-5-11(14-6-10(9)15(18)19)13-3-4-20-7-8-1-2-8/h5-6,8H,1-4,7H2,(H,13,14)(H,16,17). The summed E-state index contributed by atoms with van der Waals surface area (Å²) in [6.07, 6.45) is 3.38. The van der Waals surface area contributed by atoms with Gasteiger partial charge in [-0.05, 0) is 18.8 Å². The number of aromatic carboxylic acids is 1. The Hall–Kier alpha value is -2.22. The van der Waals surface area contributed by atoms with Gasteiger partial charge in [0.2, 0.25) is 0 Å². The van der Waals surface area contributed by atoms with E-state index in [2.05, 4.69) is 10.3 Å². The van der Waals surface area contributed by atoms with Crippen molar-refractivity contribution in [3.63, 3.8) is 0 Å². The third kappa shape index (κ3) is 3.89. The fourth-order valence-corrected chi connectivity index (χ4v) is 1.65. The molecule has 0 saturated heterocycles. The highest BCUT2D eigenvalue weighted by molar-refractivity contribution is 5.93. The molecule has 0 bridgehead atoms. The molecule has 1 aliphatic rings. The van der Waals surface area contributed by atoms with E-state index in [0.717, 1.165) is 18.9 Å². The highest BCUT2D eigenvalue weighted by Gasteiger charge is 2.22. The zero-order valence-corrected chi connectivity index (χ0v) is 10.7. The van der Waals surface area contributed by atoms with Crippen molar-refractivity contribution in [3.8, 4) is 0 Å². The number of nitro groups is 1. The molecule has 20 heavy (non-hydrogen) atoms. The number of anilines is 1. The molecule has 0 radical (unpaired) electrons. The number of rotatable bonds is 8. The van der Waals surface area contributed by atoms with Crippen molar-refractivity contribution < 1.29 is 19.6 Å². The Morgan fingerprint density at radius 2 is 2.35 bits per heavy atom. The van der Waals surface area contributed by atoms with E-state index in [1.807, 2.05) is 0 Å². The predicted octanol–water partition coefficient (Wildman–Crippen LogP) is 1.53. The average Bonchev–Trinajstić information content (AvgIpc) is 3.22. The van der Waals surface area contributed by atoms with Crippen molar-refractivity contribution in [1.29, 1.82) is 0 Å². The Morgan fingerprint density at radius 1 is 1.60 bits per heavy atom. The lowest BCUT2D eigenvalue weighted by Crippen LogP contribution is -2.12. The van der Waals surface area contributed by atoms with Gasteiger partial charge in [0, 0.05) is 19.2 Å². The Balaban J connectivity index is 1.88. The number of carboxylic acids is 1. The summed E-state index contributed by atoms with van der Waals surface area (Å²) in [5.74, 6) is -0.388. The zero-order valence-electron chi connectivity index (χ0n) is 10.7. The molecule has 8 heteroatoms. The van der Waals surface area contributed by atoms with Crippen LogP contribution in [-0.4, -0.2) is 40.7 Å². The Labute approximate surface area is 114 Å². The van der Waals surface area contributed by atoms with E-state index in [4.69, 9.17) is 9.84 Å². The molecule has 1 saturated carbocycles. The van der Waals surface area contributed by atoms with E-state index in [1.54, 1.807) is 0 Å². The average molecular weight is 281 g/mol. The van der Waals surface area contributed by atoms with Gasteiger partial charge >= 0.3 is 11.7 Å². The first kappa shape index (κ1) is 14.2. The van der Waals surface area contributed by atoms with Crippen molar-refractivity contribution in [2.75, 3.05) is 25.1 Å². The van der Waals surface area contributed by atoms with Crippen LogP contribution in [0.2, 0.25) is 0 Å². The van der Waals surface area contributed by atoms with Crippen LogP contribution >= 0.6 is 0 Å². The van der Waals surface area contributed by atoms with Gasteiger partial charge in [0.15, 0.2) is 0 Å². The molecule has 0 spiro atoms. The third-order valence-electron chi connectivity index (χ3n) is 2.91. The van der Waals surface area contributed by atoms with Gasteiger partial charge in [0.25, 0.3) is 0 Å². The number of hydrogen-bond acceptors (Lipinski definition) is 6. The molecule has 0 amide bonds. The molecule has 1 aliphatic carbocycles.